The second kappa shape index (κ2) is 8.91. The van der Waals surface area contributed by atoms with Gasteiger partial charge in [-0.25, -0.2) is 9.97 Å². The Morgan fingerprint density at radius 1 is 1.21 bits per heavy atom. The normalized spacial score (nSPS) is 20.1. The summed E-state index contributed by atoms with van der Waals surface area (Å²) >= 11 is 0. The van der Waals surface area contributed by atoms with Gasteiger partial charge in [0.1, 0.15) is 0 Å². The number of hydrogen-bond acceptors (Lipinski definition) is 5. The Morgan fingerprint density at radius 2 is 1.97 bits per heavy atom. The predicted octanol–water partition coefficient (Wildman–Crippen LogP) is 2.72. The predicted molar refractivity (Wildman–Crippen MR) is 114 cm³/mol. The van der Waals surface area contributed by atoms with Crippen molar-refractivity contribution in [1.82, 2.24) is 20.2 Å². The molecule has 0 radical (unpaired) electrons. The third-order valence-corrected chi connectivity index (χ3v) is 6.46. The summed E-state index contributed by atoms with van der Waals surface area (Å²) in [5.74, 6) is 0.993. The number of aromatic nitrogens is 2. The number of anilines is 1. The highest BCUT2D eigenvalue weighted by atomic mass is 16.2. The highest BCUT2D eigenvalue weighted by Crippen LogP contribution is 2.52. The first-order valence-electron chi connectivity index (χ1n) is 10.7. The van der Waals surface area contributed by atoms with Crippen LogP contribution in [0.1, 0.15) is 31.2 Å². The van der Waals surface area contributed by atoms with Crippen molar-refractivity contribution in [3.8, 4) is 0 Å². The quantitative estimate of drug-likeness (QED) is 0.699. The lowest BCUT2D eigenvalue weighted by atomic mass is 9.62. The van der Waals surface area contributed by atoms with E-state index in [1.807, 2.05) is 12.1 Å². The monoisotopic (exact) mass is 393 g/mol. The molecule has 2 aromatic rings. The molecule has 2 heterocycles. The van der Waals surface area contributed by atoms with E-state index in [1.165, 1.54) is 12.0 Å². The number of amides is 1. The SMILES string of the molecule is CN(CCCNC(=O)C1CN(c2ncccn2)CC12CCC2)Cc1ccccc1. The summed E-state index contributed by atoms with van der Waals surface area (Å²) in [5, 5.41) is 3.21. The van der Waals surface area contributed by atoms with Gasteiger partial charge in [0.15, 0.2) is 0 Å². The molecule has 4 rings (SSSR count). The highest BCUT2D eigenvalue weighted by Gasteiger charge is 2.53. The first-order chi connectivity index (χ1) is 14.2. The van der Waals surface area contributed by atoms with Crippen LogP contribution in [0.15, 0.2) is 48.8 Å². The van der Waals surface area contributed by atoms with Gasteiger partial charge in [-0.2, -0.15) is 0 Å². The number of carbonyl (C=O) groups is 1. The maximum atomic E-state index is 13.0. The first-order valence-corrected chi connectivity index (χ1v) is 10.7. The van der Waals surface area contributed by atoms with Gasteiger partial charge in [-0.05, 0) is 44.5 Å². The Bertz CT molecular complexity index is 793. The number of rotatable bonds is 8. The van der Waals surface area contributed by atoms with Gasteiger partial charge in [-0.3, -0.25) is 4.79 Å². The van der Waals surface area contributed by atoms with E-state index in [4.69, 9.17) is 0 Å². The van der Waals surface area contributed by atoms with Crippen molar-refractivity contribution in [2.24, 2.45) is 11.3 Å². The third-order valence-electron chi connectivity index (χ3n) is 6.46. The Hall–Kier alpha value is -2.47. The van der Waals surface area contributed by atoms with Gasteiger partial charge >= 0.3 is 0 Å². The van der Waals surface area contributed by atoms with Gasteiger partial charge in [0.05, 0.1) is 5.92 Å². The van der Waals surface area contributed by atoms with E-state index in [0.29, 0.717) is 0 Å². The minimum atomic E-state index is 0.0436. The number of benzene rings is 1. The molecule has 1 aromatic heterocycles. The minimum Gasteiger partial charge on any atom is -0.356 e. The van der Waals surface area contributed by atoms with Crippen LogP contribution in [-0.2, 0) is 11.3 Å². The molecule has 1 amide bonds. The molecule has 6 heteroatoms. The molecule has 1 saturated carbocycles. The fourth-order valence-electron chi connectivity index (χ4n) is 4.73. The van der Waals surface area contributed by atoms with E-state index >= 15 is 0 Å². The van der Waals surface area contributed by atoms with Gasteiger partial charge < -0.3 is 15.1 Å². The zero-order valence-electron chi connectivity index (χ0n) is 17.3. The molecule has 1 spiro atoms. The van der Waals surface area contributed by atoms with E-state index in [-0.39, 0.29) is 17.2 Å². The van der Waals surface area contributed by atoms with Crippen molar-refractivity contribution in [3.63, 3.8) is 0 Å². The first kappa shape index (κ1) is 19.8. The molecular formula is C23H31N5O. The largest absolute Gasteiger partial charge is 0.356 e. The van der Waals surface area contributed by atoms with Crippen LogP contribution in [0, 0.1) is 11.3 Å². The average molecular weight is 394 g/mol. The number of hydrogen-bond donors (Lipinski definition) is 1. The van der Waals surface area contributed by atoms with Crippen molar-refractivity contribution in [3.05, 3.63) is 54.4 Å². The number of carbonyl (C=O) groups excluding carboxylic acids is 1. The average Bonchev–Trinajstić information content (AvgIpc) is 3.14. The molecule has 29 heavy (non-hydrogen) atoms. The van der Waals surface area contributed by atoms with Crippen LogP contribution in [0.25, 0.3) is 0 Å². The van der Waals surface area contributed by atoms with Crippen LogP contribution in [0.5, 0.6) is 0 Å². The zero-order chi connectivity index (χ0) is 20.1. The van der Waals surface area contributed by atoms with Gasteiger partial charge in [-0.15, -0.1) is 0 Å². The number of nitrogens with zero attached hydrogens (tertiary/aromatic N) is 4. The van der Waals surface area contributed by atoms with Crippen molar-refractivity contribution in [1.29, 1.82) is 0 Å². The van der Waals surface area contributed by atoms with Gasteiger partial charge in [0, 0.05) is 44.0 Å². The summed E-state index contributed by atoms with van der Waals surface area (Å²) in [6, 6.07) is 12.3. The van der Waals surface area contributed by atoms with Crippen LogP contribution < -0.4 is 10.2 Å². The molecule has 6 nitrogen and oxygen atoms in total. The molecule has 1 atom stereocenters. The fourth-order valence-corrected chi connectivity index (χ4v) is 4.73. The van der Waals surface area contributed by atoms with Gasteiger partial charge in [-0.1, -0.05) is 36.8 Å². The van der Waals surface area contributed by atoms with Crippen molar-refractivity contribution in [2.75, 3.05) is 38.1 Å². The molecular weight excluding hydrogens is 362 g/mol. The molecule has 1 aliphatic carbocycles. The van der Waals surface area contributed by atoms with Gasteiger partial charge in [0.25, 0.3) is 0 Å². The third kappa shape index (κ3) is 4.58. The van der Waals surface area contributed by atoms with Crippen molar-refractivity contribution in [2.45, 2.75) is 32.2 Å². The molecule has 2 aliphatic rings. The Morgan fingerprint density at radius 3 is 2.66 bits per heavy atom. The maximum Gasteiger partial charge on any atom is 0.225 e. The molecule has 1 saturated heterocycles. The van der Waals surface area contributed by atoms with E-state index in [2.05, 4.69) is 56.4 Å². The topological polar surface area (TPSA) is 61.4 Å². The van der Waals surface area contributed by atoms with E-state index in [9.17, 15) is 4.79 Å². The second-order valence-electron chi connectivity index (χ2n) is 8.57. The van der Waals surface area contributed by atoms with Crippen LogP contribution in [-0.4, -0.2) is 54.0 Å². The molecule has 1 N–H and O–H groups in total. The molecule has 154 valence electrons. The molecule has 1 aliphatic heterocycles. The summed E-state index contributed by atoms with van der Waals surface area (Å²) in [6.07, 6.45) is 7.99. The fraction of sp³-hybridized carbons (Fsp3) is 0.522. The lowest BCUT2D eigenvalue weighted by Crippen LogP contribution is -2.45. The molecule has 2 fully saturated rings. The van der Waals surface area contributed by atoms with Crippen LogP contribution in [0.3, 0.4) is 0 Å². The Labute approximate surface area is 173 Å². The summed E-state index contributed by atoms with van der Waals surface area (Å²) in [5.41, 5.74) is 1.44. The van der Waals surface area contributed by atoms with E-state index in [1.54, 1.807) is 12.4 Å². The molecule has 0 bridgehead atoms. The summed E-state index contributed by atoms with van der Waals surface area (Å²) in [6.45, 7) is 4.26. The van der Waals surface area contributed by atoms with Crippen molar-refractivity contribution >= 4 is 11.9 Å². The van der Waals surface area contributed by atoms with E-state index < -0.39 is 0 Å². The van der Waals surface area contributed by atoms with Crippen LogP contribution >= 0.6 is 0 Å². The van der Waals surface area contributed by atoms with E-state index in [0.717, 1.165) is 57.9 Å². The highest BCUT2D eigenvalue weighted by molar-refractivity contribution is 5.81. The second-order valence-corrected chi connectivity index (χ2v) is 8.57. The number of nitrogens with one attached hydrogen (secondary N) is 1. The molecule has 1 aromatic carbocycles. The van der Waals surface area contributed by atoms with Crippen LogP contribution in [0.2, 0.25) is 0 Å². The van der Waals surface area contributed by atoms with Gasteiger partial charge in [0.2, 0.25) is 11.9 Å². The standard InChI is InChI=1S/C23H31N5O/c1-27(16-19-8-3-2-4-9-19)15-7-14-24-21(29)20-17-28(18-23(20)10-5-11-23)22-25-12-6-13-26-22/h2-4,6,8-9,12-13,20H,5,7,10-11,14-18H2,1H3,(H,24,29). The maximum absolute atomic E-state index is 13.0. The minimum absolute atomic E-state index is 0.0436. The van der Waals surface area contributed by atoms with Crippen molar-refractivity contribution < 1.29 is 4.79 Å². The molecule has 1 unspecified atom stereocenters. The Kier molecular flexibility index (Phi) is 6.09. The smallest absolute Gasteiger partial charge is 0.225 e. The Balaban J connectivity index is 1.25. The lowest BCUT2D eigenvalue weighted by molar-refractivity contribution is -0.129. The summed E-state index contributed by atoms with van der Waals surface area (Å²) < 4.78 is 0. The lowest BCUT2D eigenvalue weighted by Gasteiger charge is -2.41. The summed E-state index contributed by atoms with van der Waals surface area (Å²) in [4.78, 5) is 26.2. The summed E-state index contributed by atoms with van der Waals surface area (Å²) in [7, 11) is 2.13. The van der Waals surface area contributed by atoms with Crippen LogP contribution in [0.4, 0.5) is 5.95 Å². The zero-order valence-corrected chi connectivity index (χ0v) is 17.3.